The molecule has 1 fully saturated rings. The summed E-state index contributed by atoms with van der Waals surface area (Å²) in [6.45, 7) is 6.77. The van der Waals surface area contributed by atoms with E-state index in [9.17, 15) is 4.79 Å². The van der Waals surface area contributed by atoms with Crippen LogP contribution in [0.15, 0.2) is 73.3 Å². The lowest BCUT2D eigenvalue weighted by molar-refractivity contribution is -0.134. The van der Waals surface area contributed by atoms with Crippen molar-refractivity contribution in [2.45, 2.75) is 45.7 Å². The van der Waals surface area contributed by atoms with Crippen LogP contribution in [0.1, 0.15) is 37.8 Å². The quantitative estimate of drug-likeness (QED) is 0.602. The van der Waals surface area contributed by atoms with Gasteiger partial charge in [0.2, 0.25) is 5.91 Å². The minimum atomic E-state index is -0.370. The Balaban J connectivity index is 1.48. The molecule has 1 saturated heterocycles. The number of rotatable bonds is 7. The first kappa shape index (κ1) is 22.2. The van der Waals surface area contributed by atoms with E-state index in [-0.39, 0.29) is 17.4 Å². The van der Waals surface area contributed by atoms with Gasteiger partial charge in [0.1, 0.15) is 0 Å². The highest BCUT2D eigenvalue weighted by molar-refractivity contribution is 5.83. The monoisotopic (exact) mass is 428 g/mol. The molecule has 5 nitrogen and oxygen atoms in total. The van der Waals surface area contributed by atoms with E-state index in [4.69, 9.17) is 0 Å². The van der Waals surface area contributed by atoms with Crippen molar-refractivity contribution in [1.29, 1.82) is 0 Å². The third-order valence-electron chi connectivity index (χ3n) is 6.33. The summed E-state index contributed by atoms with van der Waals surface area (Å²) in [4.78, 5) is 24.2. The normalized spacial score (nSPS) is 16.1. The van der Waals surface area contributed by atoms with Gasteiger partial charge in [0.15, 0.2) is 0 Å². The highest BCUT2D eigenvalue weighted by atomic mass is 16.2. The van der Waals surface area contributed by atoms with E-state index in [0.717, 1.165) is 50.0 Å². The Morgan fingerprint density at radius 3 is 2.22 bits per heavy atom. The molecule has 0 unspecified atom stereocenters. The van der Waals surface area contributed by atoms with Crippen LogP contribution in [0, 0.1) is 5.41 Å². The van der Waals surface area contributed by atoms with Crippen LogP contribution in [0.25, 0.3) is 11.1 Å². The van der Waals surface area contributed by atoms with E-state index >= 15 is 0 Å². The summed E-state index contributed by atoms with van der Waals surface area (Å²) < 4.78 is 0. The molecule has 0 bridgehead atoms. The molecule has 3 aromatic rings. The number of nitrogens with zero attached hydrogens (tertiary/aromatic N) is 3. The number of likely N-dealkylation sites (tertiary alicyclic amines) is 1. The molecule has 4 rings (SSSR count). The van der Waals surface area contributed by atoms with Crippen LogP contribution in [0.5, 0.6) is 0 Å². The Labute approximate surface area is 190 Å². The smallest absolute Gasteiger partial charge is 0.226 e. The fourth-order valence-electron chi connectivity index (χ4n) is 4.53. The van der Waals surface area contributed by atoms with Crippen molar-refractivity contribution in [3.8, 4) is 11.1 Å². The van der Waals surface area contributed by atoms with E-state index in [1.807, 2.05) is 38.4 Å². The lowest BCUT2D eigenvalue weighted by atomic mass is 9.72. The zero-order chi connectivity index (χ0) is 22.4. The Bertz CT molecular complexity index is 995. The number of carbonyl (C=O) groups is 1. The summed E-state index contributed by atoms with van der Waals surface area (Å²) in [5.74, 6) is 0.185. The van der Waals surface area contributed by atoms with Crippen molar-refractivity contribution in [1.82, 2.24) is 20.2 Å². The highest BCUT2D eigenvalue weighted by Crippen LogP contribution is 2.36. The van der Waals surface area contributed by atoms with Crippen molar-refractivity contribution >= 4 is 5.91 Å². The Hall–Kier alpha value is -3.05. The Morgan fingerprint density at radius 1 is 0.938 bits per heavy atom. The van der Waals surface area contributed by atoms with Gasteiger partial charge in [-0.3, -0.25) is 19.7 Å². The summed E-state index contributed by atoms with van der Waals surface area (Å²) >= 11 is 0. The third kappa shape index (κ3) is 5.40. The molecule has 1 N–H and O–H groups in total. The van der Waals surface area contributed by atoms with Gasteiger partial charge < -0.3 is 5.32 Å². The van der Waals surface area contributed by atoms with Gasteiger partial charge in [-0.1, -0.05) is 36.4 Å². The number of aromatic nitrogens is 2. The second-order valence-corrected chi connectivity index (χ2v) is 9.16. The summed E-state index contributed by atoms with van der Waals surface area (Å²) in [5, 5.41) is 3.20. The SMILES string of the molecule is CC(C)NC(=O)C1(Cc2ccc(-c3cccnc3)cc2)CCN(Cc2cccnc2)CC1. The van der Waals surface area contributed by atoms with Crippen LogP contribution in [0.3, 0.4) is 0 Å². The third-order valence-corrected chi connectivity index (χ3v) is 6.33. The van der Waals surface area contributed by atoms with E-state index < -0.39 is 0 Å². The van der Waals surface area contributed by atoms with Crippen LogP contribution in [-0.2, 0) is 17.8 Å². The highest BCUT2D eigenvalue weighted by Gasteiger charge is 2.41. The second kappa shape index (κ2) is 10.0. The Kier molecular flexibility index (Phi) is 6.96. The molecule has 3 heterocycles. The molecule has 1 aliphatic heterocycles. The fourth-order valence-corrected chi connectivity index (χ4v) is 4.53. The van der Waals surface area contributed by atoms with Gasteiger partial charge in [0.25, 0.3) is 0 Å². The van der Waals surface area contributed by atoms with Crippen LogP contribution in [-0.4, -0.2) is 39.9 Å². The minimum Gasteiger partial charge on any atom is -0.353 e. The topological polar surface area (TPSA) is 58.1 Å². The standard InChI is InChI=1S/C27H32N4O/c1-21(2)30-26(32)27(11-15-31(16-12-27)20-23-5-3-13-28-18-23)17-22-7-9-24(10-8-22)25-6-4-14-29-19-25/h3-10,13-14,18-19,21H,11-12,15-17,20H2,1-2H3,(H,30,32). The summed E-state index contributed by atoms with van der Waals surface area (Å²) in [6, 6.07) is 16.9. The van der Waals surface area contributed by atoms with Crippen LogP contribution < -0.4 is 5.32 Å². The molecular formula is C27H32N4O. The predicted molar refractivity (Wildman–Crippen MR) is 128 cm³/mol. The van der Waals surface area contributed by atoms with Crippen molar-refractivity contribution in [3.63, 3.8) is 0 Å². The van der Waals surface area contributed by atoms with Gasteiger partial charge in [-0.15, -0.1) is 0 Å². The van der Waals surface area contributed by atoms with E-state index in [1.54, 1.807) is 12.4 Å². The van der Waals surface area contributed by atoms with Gasteiger partial charge in [0, 0.05) is 37.4 Å². The van der Waals surface area contributed by atoms with Crippen molar-refractivity contribution in [3.05, 3.63) is 84.4 Å². The lowest BCUT2D eigenvalue weighted by Crippen LogP contribution is -2.51. The molecule has 2 aromatic heterocycles. The molecule has 5 heteroatoms. The van der Waals surface area contributed by atoms with Gasteiger partial charge in [-0.2, -0.15) is 0 Å². The zero-order valence-corrected chi connectivity index (χ0v) is 19.0. The number of amides is 1. The predicted octanol–water partition coefficient (Wildman–Crippen LogP) is 4.49. The first-order valence-electron chi connectivity index (χ1n) is 11.5. The van der Waals surface area contributed by atoms with Crippen LogP contribution in [0.4, 0.5) is 0 Å². The van der Waals surface area contributed by atoms with Crippen molar-refractivity contribution in [2.24, 2.45) is 5.41 Å². The Morgan fingerprint density at radius 2 is 1.62 bits per heavy atom. The van der Waals surface area contributed by atoms with Gasteiger partial charge in [-0.25, -0.2) is 0 Å². The summed E-state index contributed by atoms with van der Waals surface area (Å²) in [5.41, 5.74) is 4.31. The number of nitrogens with one attached hydrogen (secondary N) is 1. The molecule has 1 aliphatic rings. The molecule has 0 saturated carbocycles. The van der Waals surface area contributed by atoms with Crippen molar-refractivity contribution in [2.75, 3.05) is 13.1 Å². The second-order valence-electron chi connectivity index (χ2n) is 9.16. The summed E-state index contributed by atoms with van der Waals surface area (Å²) in [7, 11) is 0. The summed E-state index contributed by atoms with van der Waals surface area (Å²) in [6.07, 6.45) is 9.88. The molecule has 166 valence electrons. The number of hydrogen-bond acceptors (Lipinski definition) is 4. The average molecular weight is 429 g/mol. The number of benzene rings is 1. The average Bonchev–Trinajstić information content (AvgIpc) is 2.82. The molecule has 32 heavy (non-hydrogen) atoms. The molecule has 1 amide bonds. The molecule has 0 radical (unpaired) electrons. The fraction of sp³-hybridized carbons (Fsp3) is 0.370. The van der Waals surface area contributed by atoms with Gasteiger partial charge in [0.05, 0.1) is 5.41 Å². The molecule has 0 atom stereocenters. The first-order chi connectivity index (χ1) is 15.5. The number of piperidine rings is 1. The zero-order valence-electron chi connectivity index (χ0n) is 19.0. The minimum absolute atomic E-state index is 0.140. The maximum absolute atomic E-state index is 13.3. The lowest BCUT2D eigenvalue weighted by Gasteiger charge is -2.41. The number of carbonyl (C=O) groups excluding carboxylic acids is 1. The number of pyridine rings is 2. The first-order valence-corrected chi connectivity index (χ1v) is 11.5. The van der Waals surface area contributed by atoms with Crippen molar-refractivity contribution < 1.29 is 4.79 Å². The van der Waals surface area contributed by atoms with Crippen LogP contribution in [0.2, 0.25) is 0 Å². The molecule has 0 aliphatic carbocycles. The molecular weight excluding hydrogens is 396 g/mol. The maximum atomic E-state index is 13.3. The molecule has 0 spiro atoms. The number of hydrogen-bond donors (Lipinski definition) is 1. The maximum Gasteiger partial charge on any atom is 0.226 e. The van der Waals surface area contributed by atoms with E-state index in [1.165, 1.54) is 11.1 Å². The van der Waals surface area contributed by atoms with Gasteiger partial charge >= 0.3 is 0 Å². The van der Waals surface area contributed by atoms with E-state index in [2.05, 4.69) is 56.6 Å². The largest absolute Gasteiger partial charge is 0.353 e. The van der Waals surface area contributed by atoms with E-state index in [0.29, 0.717) is 0 Å². The van der Waals surface area contributed by atoms with Gasteiger partial charge in [-0.05, 0) is 80.6 Å². The van der Waals surface area contributed by atoms with Crippen LogP contribution >= 0.6 is 0 Å². The molecule has 1 aromatic carbocycles.